The van der Waals surface area contributed by atoms with Crippen LogP contribution in [-0.4, -0.2) is 14.8 Å². The Kier molecular flexibility index (Phi) is 2.84. The molecule has 3 rings (SSSR count). The molecule has 0 atom stereocenters. The lowest BCUT2D eigenvalue weighted by Gasteiger charge is -2.04. The van der Waals surface area contributed by atoms with Crippen LogP contribution in [0.15, 0.2) is 41.0 Å². The Labute approximate surface area is 118 Å². The van der Waals surface area contributed by atoms with Crippen LogP contribution in [0.25, 0.3) is 16.7 Å². The number of hydrogen-bond acceptors (Lipinski definition) is 2. The fraction of sp³-hybridized carbons (Fsp3) is 0.0769. The number of pyridine rings is 1. The molecule has 3 aromatic rings. The number of hydrogen-bond donors (Lipinski definition) is 0. The minimum atomic E-state index is 0.679. The first-order valence-electron chi connectivity index (χ1n) is 5.42. The normalized spacial score (nSPS) is 11.1. The van der Waals surface area contributed by atoms with E-state index in [9.17, 15) is 0 Å². The molecule has 0 unspecified atom stereocenters. The van der Waals surface area contributed by atoms with Gasteiger partial charge in [-0.2, -0.15) is 5.10 Å². The molecule has 0 bridgehead atoms. The van der Waals surface area contributed by atoms with Crippen LogP contribution in [0, 0.1) is 6.92 Å². The Bertz CT molecular complexity index is 736. The van der Waals surface area contributed by atoms with Crippen molar-refractivity contribution in [3.05, 3.63) is 51.7 Å². The summed E-state index contributed by atoms with van der Waals surface area (Å²) in [4.78, 5) is 4.47. The average molecular weight is 323 g/mol. The molecular weight excluding hydrogens is 314 g/mol. The molecule has 0 aliphatic heterocycles. The molecule has 0 saturated carbocycles. The number of fused-ring (bicyclic) bond motifs is 1. The zero-order chi connectivity index (χ0) is 12.7. The maximum atomic E-state index is 6.19. The molecule has 0 saturated heterocycles. The lowest BCUT2D eigenvalue weighted by atomic mass is 10.2. The van der Waals surface area contributed by atoms with Gasteiger partial charge < -0.3 is 0 Å². The van der Waals surface area contributed by atoms with Gasteiger partial charge in [0.15, 0.2) is 5.82 Å². The summed E-state index contributed by atoms with van der Waals surface area (Å²) in [5, 5.41) is 5.96. The summed E-state index contributed by atoms with van der Waals surface area (Å²) in [5.74, 6) is 0.791. The molecule has 5 heteroatoms. The number of aromatic nitrogens is 3. The van der Waals surface area contributed by atoms with E-state index in [2.05, 4.69) is 26.0 Å². The van der Waals surface area contributed by atoms with Gasteiger partial charge in [-0.05, 0) is 31.2 Å². The molecule has 1 aromatic carbocycles. The van der Waals surface area contributed by atoms with Gasteiger partial charge >= 0.3 is 0 Å². The first-order valence-corrected chi connectivity index (χ1v) is 6.59. The fourth-order valence-electron chi connectivity index (χ4n) is 1.88. The monoisotopic (exact) mass is 321 g/mol. The summed E-state index contributed by atoms with van der Waals surface area (Å²) in [6.45, 7) is 1.96. The summed E-state index contributed by atoms with van der Waals surface area (Å²) in [6, 6.07) is 9.69. The van der Waals surface area contributed by atoms with Gasteiger partial charge in [0.2, 0.25) is 0 Å². The van der Waals surface area contributed by atoms with Crippen LogP contribution >= 0.6 is 27.5 Å². The second-order valence-electron chi connectivity index (χ2n) is 4.01. The molecule has 0 radical (unpaired) electrons. The van der Waals surface area contributed by atoms with Gasteiger partial charge in [-0.3, -0.25) is 0 Å². The molecule has 0 fully saturated rings. The van der Waals surface area contributed by atoms with Crippen molar-refractivity contribution in [2.45, 2.75) is 6.92 Å². The lowest BCUT2D eigenvalue weighted by molar-refractivity contribution is 0.867. The molecule has 2 heterocycles. The molecular formula is C13H9BrClN3. The minimum absolute atomic E-state index is 0.679. The van der Waals surface area contributed by atoms with Crippen LogP contribution in [0.1, 0.15) is 5.69 Å². The zero-order valence-electron chi connectivity index (χ0n) is 9.56. The first-order chi connectivity index (χ1) is 8.65. The van der Waals surface area contributed by atoms with Gasteiger partial charge in [0.1, 0.15) is 0 Å². The van der Waals surface area contributed by atoms with E-state index in [0.29, 0.717) is 5.02 Å². The van der Waals surface area contributed by atoms with Crippen LogP contribution in [0.3, 0.4) is 0 Å². The molecule has 0 N–H and O–H groups in total. The molecule has 0 spiro atoms. The van der Waals surface area contributed by atoms with E-state index in [0.717, 1.165) is 26.9 Å². The number of aryl methyl sites for hydroxylation is 1. The van der Waals surface area contributed by atoms with Gasteiger partial charge in [-0.1, -0.05) is 33.6 Å². The second-order valence-corrected chi connectivity index (χ2v) is 5.34. The second kappa shape index (κ2) is 4.37. The van der Waals surface area contributed by atoms with E-state index in [1.807, 2.05) is 37.3 Å². The van der Waals surface area contributed by atoms with Gasteiger partial charge in [-0.25, -0.2) is 9.67 Å². The molecule has 2 aromatic heterocycles. The highest BCUT2D eigenvalue weighted by Gasteiger charge is 2.09. The summed E-state index contributed by atoms with van der Waals surface area (Å²) < 4.78 is 2.72. The third-order valence-corrected chi connectivity index (χ3v) is 3.46. The number of halogens is 2. The van der Waals surface area contributed by atoms with Crippen LogP contribution < -0.4 is 0 Å². The van der Waals surface area contributed by atoms with Gasteiger partial charge in [-0.15, -0.1) is 0 Å². The Morgan fingerprint density at radius 2 is 2.11 bits per heavy atom. The summed E-state index contributed by atoms with van der Waals surface area (Å²) >= 11 is 9.63. The highest BCUT2D eigenvalue weighted by atomic mass is 79.9. The maximum absolute atomic E-state index is 6.19. The molecule has 3 nitrogen and oxygen atoms in total. The van der Waals surface area contributed by atoms with E-state index in [-0.39, 0.29) is 0 Å². The zero-order valence-corrected chi connectivity index (χ0v) is 11.9. The predicted octanol–water partition coefficient (Wildman–Crippen LogP) is 4.14. The van der Waals surface area contributed by atoms with Crippen molar-refractivity contribution in [3.63, 3.8) is 0 Å². The summed E-state index contributed by atoms with van der Waals surface area (Å²) in [7, 11) is 0. The average Bonchev–Trinajstić information content (AvgIpc) is 2.72. The molecule has 0 amide bonds. The maximum Gasteiger partial charge on any atom is 0.154 e. The van der Waals surface area contributed by atoms with Crippen molar-refractivity contribution in [3.8, 4) is 5.82 Å². The minimum Gasteiger partial charge on any atom is -0.234 e. The van der Waals surface area contributed by atoms with Crippen LogP contribution in [0.2, 0.25) is 5.02 Å². The van der Waals surface area contributed by atoms with Crippen LogP contribution in [-0.2, 0) is 0 Å². The van der Waals surface area contributed by atoms with Gasteiger partial charge in [0, 0.05) is 15.6 Å². The Morgan fingerprint density at radius 3 is 2.89 bits per heavy atom. The Hall–Kier alpha value is -1.39. The molecule has 0 aliphatic carbocycles. The smallest absolute Gasteiger partial charge is 0.154 e. The number of rotatable bonds is 1. The first kappa shape index (κ1) is 11.7. The Balaban J connectivity index is 2.30. The summed E-state index contributed by atoms with van der Waals surface area (Å²) in [5.41, 5.74) is 1.89. The Morgan fingerprint density at radius 1 is 1.28 bits per heavy atom. The number of nitrogens with zero attached hydrogens (tertiary/aromatic N) is 3. The van der Waals surface area contributed by atoms with Crippen molar-refractivity contribution in [1.82, 2.24) is 14.8 Å². The highest BCUT2D eigenvalue weighted by Crippen LogP contribution is 2.29. The fourth-order valence-corrected chi connectivity index (χ4v) is 2.72. The molecule has 18 heavy (non-hydrogen) atoms. The SMILES string of the molecule is Cc1cccc(-n2ncc3c(Cl)cc(Br)cc32)n1. The third kappa shape index (κ3) is 1.91. The lowest BCUT2D eigenvalue weighted by Crippen LogP contribution is -1.99. The third-order valence-electron chi connectivity index (χ3n) is 2.69. The van der Waals surface area contributed by atoms with Gasteiger partial charge in [0.05, 0.1) is 16.7 Å². The quantitative estimate of drug-likeness (QED) is 0.674. The van der Waals surface area contributed by atoms with Crippen molar-refractivity contribution in [1.29, 1.82) is 0 Å². The molecule has 90 valence electrons. The van der Waals surface area contributed by atoms with Crippen molar-refractivity contribution in [2.75, 3.05) is 0 Å². The number of benzene rings is 1. The van der Waals surface area contributed by atoms with Crippen molar-refractivity contribution < 1.29 is 0 Å². The largest absolute Gasteiger partial charge is 0.234 e. The van der Waals surface area contributed by atoms with E-state index >= 15 is 0 Å². The van der Waals surface area contributed by atoms with E-state index in [4.69, 9.17) is 11.6 Å². The van der Waals surface area contributed by atoms with E-state index in [1.54, 1.807) is 10.9 Å². The topological polar surface area (TPSA) is 30.7 Å². The highest BCUT2D eigenvalue weighted by molar-refractivity contribution is 9.10. The standard InChI is InChI=1S/C13H9BrClN3/c1-8-3-2-4-13(17-8)18-12-6-9(14)5-11(15)10(12)7-16-18/h2-7H,1H3. The molecule has 0 aliphatic rings. The van der Waals surface area contributed by atoms with E-state index < -0.39 is 0 Å². The van der Waals surface area contributed by atoms with Crippen molar-refractivity contribution >= 4 is 38.4 Å². The predicted molar refractivity (Wildman–Crippen MR) is 76.3 cm³/mol. The van der Waals surface area contributed by atoms with Gasteiger partial charge in [0.25, 0.3) is 0 Å². The van der Waals surface area contributed by atoms with E-state index in [1.165, 1.54) is 0 Å². The summed E-state index contributed by atoms with van der Waals surface area (Å²) in [6.07, 6.45) is 1.76. The van der Waals surface area contributed by atoms with Crippen LogP contribution in [0.5, 0.6) is 0 Å². The van der Waals surface area contributed by atoms with Crippen LogP contribution in [0.4, 0.5) is 0 Å². The van der Waals surface area contributed by atoms with Crippen molar-refractivity contribution in [2.24, 2.45) is 0 Å².